The van der Waals surface area contributed by atoms with Crippen molar-refractivity contribution >= 4 is 35.3 Å². The Kier molecular flexibility index (Phi) is 11.9. The van der Waals surface area contributed by atoms with Crippen molar-refractivity contribution in [2.24, 2.45) is 28.9 Å². The maximum atomic E-state index is 14.4. The maximum absolute atomic E-state index is 14.4. The second-order valence-corrected chi connectivity index (χ2v) is 15.2. The van der Waals surface area contributed by atoms with Gasteiger partial charge in [0.2, 0.25) is 23.5 Å². The van der Waals surface area contributed by atoms with Gasteiger partial charge in [-0.1, -0.05) is 59.3 Å². The van der Waals surface area contributed by atoms with Crippen LogP contribution in [0.15, 0.2) is 18.6 Å². The van der Waals surface area contributed by atoms with E-state index in [1.807, 2.05) is 20.8 Å². The summed E-state index contributed by atoms with van der Waals surface area (Å²) in [6.07, 6.45) is 11.9. The van der Waals surface area contributed by atoms with Crippen molar-refractivity contribution in [2.45, 2.75) is 109 Å². The predicted octanol–water partition coefficient (Wildman–Crippen LogP) is 1.01. The number of nitrogens with two attached hydrogens (primary N) is 1. The normalized spacial score (nSPS) is 22.9. The lowest BCUT2D eigenvalue weighted by Gasteiger charge is -2.45. The number of carbonyl (C=O) groups is 6. The number of ketones is 1. The fraction of sp³-hybridized carbons (Fsp3) is 0.714. The lowest BCUT2D eigenvalue weighted by molar-refractivity contribution is -0.220. The van der Waals surface area contributed by atoms with Gasteiger partial charge in [0.15, 0.2) is 5.79 Å². The molecule has 4 fully saturated rings. The average Bonchev–Trinajstić information content (AvgIpc) is 3.55. The Morgan fingerprint density at radius 3 is 2.24 bits per heavy atom. The highest BCUT2D eigenvalue weighted by molar-refractivity contribution is 6.37. The number of rotatable bonds is 12. The number of amides is 5. The molecule has 0 bridgehead atoms. The van der Waals surface area contributed by atoms with E-state index in [4.69, 9.17) is 15.2 Å². The zero-order valence-electron chi connectivity index (χ0n) is 29.3. The molecule has 0 radical (unpaired) electrons. The Morgan fingerprint density at radius 1 is 0.960 bits per heavy atom. The number of aromatic nitrogens is 2. The minimum atomic E-state index is -1.31. The number of Topliss-reactive ketones (excluding diaryl/α,β-unsaturated/α-hetero) is 1. The molecule has 0 aromatic carbocycles. The van der Waals surface area contributed by atoms with Crippen molar-refractivity contribution in [2.75, 3.05) is 26.3 Å². The van der Waals surface area contributed by atoms with Crippen LogP contribution in [0.4, 0.5) is 0 Å². The van der Waals surface area contributed by atoms with Crippen LogP contribution in [0.2, 0.25) is 0 Å². The molecular formula is C35H51N7O8. The van der Waals surface area contributed by atoms with E-state index in [1.165, 1.54) is 23.5 Å². The summed E-state index contributed by atoms with van der Waals surface area (Å²) in [6.45, 7) is 6.10. The van der Waals surface area contributed by atoms with Crippen molar-refractivity contribution in [1.29, 1.82) is 0 Å². The Balaban J connectivity index is 1.34. The summed E-state index contributed by atoms with van der Waals surface area (Å²) in [5, 5.41) is 8.58. The molecule has 1 aromatic heterocycles. The molecule has 4 aliphatic rings. The van der Waals surface area contributed by atoms with Crippen LogP contribution >= 0.6 is 0 Å². The number of hydrogen-bond donors (Lipinski definition) is 4. The Bertz CT molecular complexity index is 1420. The summed E-state index contributed by atoms with van der Waals surface area (Å²) in [5.74, 6) is -6.25. The number of likely N-dealkylation sites (tertiary alicyclic amines) is 1. The van der Waals surface area contributed by atoms with Gasteiger partial charge in [0, 0.05) is 31.9 Å². The first-order valence-electron chi connectivity index (χ1n) is 17.9. The van der Waals surface area contributed by atoms with Gasteiger partial charge >= 0.3 is 0 Å². The Labute approximate surface area is 292 Å². The lowest BCUT2D eigenvalue weighted by atomic mass is 9.79. The molecule has 2 aliphatic carbocycles. The molecule has 2 saturated heterocycles. The molecule has 274 valence electrons. The van der Waals surface area contributed by atoms with Gasteiger partial charge in [-0.2, -0.15) is 0 Å². The average molecular weight is 698 g/mol. The third-order valence-electron chi connectivity index (χ3n) is 10.6. The van der Waals surface area contributed by atoms with E-state index in [1.54, 1.807) is 0 Å². The molecule has 2 unspecified atom stereocenters. The standard InChI is InChI=1S/C35H51N7O8/c1-34(2,3)28(41-32(47)26(22-10-5-4-6-11-22)40-31(46)25-19-37-13-14-38-25)33(48)42-15-12-35(49-16-17-50-35)23(20-42)30(45)39-24(27(43)29(36)44)18-21-8-7-9-21/h13-14,19,21-24,26,28H,4-12,15-18,20H2,1-3H3,(H2,36,44)(H,39,45)(H,40,46)(H,41,47)/t23?,24?,26-,28+/m1/s1. The topological polar surface area (TPSA) is 212 Å². The van der Waals surface area contributed by atoms with Gasteiger partial charge in [-0.3, -0.25) is 33.8 Å². The Hall–Kier alpha value is -3.98. The third-order valence-corrected chi connectivity index (χ3v) is 10.6. The smallest absolute Gasteiger partial charge is 0.287 e. The predicted molar refractivity (Wildman–Crippen MR) is 179 cm³/mol. The minimum Gasteiger partial charge on any atom is -0.363 e. The molecule has 1 aromatic rings. The number of nitrogens with one attached hydrogen (secondary N) is 3. The summed E-state index contributed by atoms with van der Waals surface area (Å²) < 4.78 is 12.0. The summed E-state index contributed by atoms with van der Waals surface area (Å²) in [4.78, 5) is 89.7. The lowest BCUT2D eigenvalue weighted by Crippen LogP contribution is -2.65. The summed E-state index contributed by atoms with van der Waals surface area (Å²) >= 11 is 0. The van der Waals surface area contributed by atoms with E-state index in [2.05, 4.69) is 25.9 Å². The summed E-state index contributed by atoms with van der Waals surface area (Å²) in [6, 6.07) is -3.01. The molecule has 15 heteroatoms. The zero-order valence-corrected chi connectivity index (χ0v) is 29.3. The number of carbonyl (C=O) groups excluding carboxylic acids is 6. The van der Waals surface area contributed by atoms with Crippen LogP contribution in [0, 0.1) is 23.2 Å². The van der Waals surface area contributed by atoms with Crippen LogP contribution in [-0.2, 0) is 33.4 Å². The van der Waals surface area contributed by atoms with Crippen LogP contribution in [-0.4, -0.2) is 100 Å². The number of piperidine rings is 1. The number of primary amides is 1. The summed E-state index contributed by atoms with van der Waals surface area (Å²) in [7, 11) is 0. The monoisotopic (exact) mass is 697 g/mol. The largest absolute Gasteiger partial charge is 0.363 e. The van der Waals surface area contributed by atoms with E-state index in [-0.39, 0.29) is 50.3 Å². The number of hydrogen-bond acceptors (Lipinski definition) is 10. The van der Waals surface area contributed by atoms with Crippen LogP contribution in [0.25, 0.3) is 0 Å². The van der Waals surface area contributed by atoms with Gasteiger partial charge in [0.25, 0.3) is 11.8 Å². The first-order valence-corrected chi connectivity index (χ1v) is 17.9. The third kappa shape index (κ3) is 8.66. The van der Waals surface area contributed by atoms with Crippen molar-refractivity contribution < 1.29 is 38.2 Å². The van der Waals surface area contributed by atoms with Crippen molar-refractivity contribution in [3.63, 3.8) is 0 Å². The van der Waals surface area contributed by atoms with E-state index in [0.717, 1.165) is 51.4 Å². The Morgan fingerprint density at radius 2 is 1.66 bits per heavy atom. The van der Waals surface area contributed by atoms with E-state index >= 15 is 0 Å². The molecule has 5 N–H and O–H groups in total. The van der Waals surface area contributed by atoms with Gasteiger partial charge in [-0.15, -0.1) is 0 Å². The highest BCUT2D eigenvalue weighted by Gasteiger charge is 2.54. The molecular weight excluding hydrogens is 646 g/mol. The van der Waals surface area contributed by atoms with Crippen molar-refractivity contribution in [3.05, 3.63) is 24.3 Å². The quantitative estimate of drug-likeness (QED) is 0.228. The van der Waals surface area contributed by atoms with Crippen molar-refractivity contribution in [1.82, 2.24) is 30.8 Å². The SMILES string of the molecule is CC(C)(C)[C@@H](NC(=O)[C@H](NC(=O)c1cnccn1)C1CCCCC1)C(=O)N1CCC2(OCCO2)C(C(=O)NC(CC2CCC2)C(=O)C(N)=O)C1. The van der Waals surface area contributed by atoms with E-state index < -0.39 is 70.6 Å². The van der Waals surface area contributed by atoms with Crippen LogP contribution in [0.3, 0.4) is 0 Å². The molecule has 50 heavy (non-hydrogen) atoms. The zero-order chi connectivity index (χ0) is 36.1. The van der Waals surface area contributed by atoms with E-state index in [0.29, 0.717) is 6.42 Å². The van der Waals surface area contributed by atoms with Gasteiger partial charge in [0.1, 0.15) is 23.7 Å². The molecule has 2 aliphatic heterocycles. The fourth-order valence-electron chi connectivity index (χ4n) is 7.51. The first-order chi connectivity index (χ1) is 23.8. The van der Waals surface area contributed by atoms with Crippen molar-refractivity contribution in [3.8, 4) is 0 Å². The molecule has 5 amide bonds. The first kappa shape index (κ1) is 37.3. The molecule has 15 nitrogen and oxygen atoms in total. The van der Waals surface area contributed by atoms with Gasteiger partial charge in [-0.25, -0.2) is 4.98 Å². The minimum absolute atomic E-state index is 0.0833. The fourth-order valence-corrected chi connectivity index (χ4v) is 7.51. The second-order valence-electron chi connectivity index (χ2n) is 15.2. The molecule has 4 atom stereocenters. The van der Waals surface area contributed by atoms with E-state index in [9.17, 15) is 28.8 Å². The van der Waals surface area contributed by atoms with Crippen LogP contribution in [0.5, 0.6) is 0 Å². The highest BCUT2D eigenvalue weighted by Crippen LogP contribution is 2.38. The van der Waals surface area contributed by atoms with Crippen LogP contribution < -0.4 is 21.7 Å². The van der Waals surface area contributed by atoms with Crippen LogP contribution in [0.1, 0.15) is 95.5 Å². The van der Waals surface area contributed by atoms with Gasteiger partial charge in [-0.05, 0) is 36.5 Å². The van der Waals surface area contributed by atoms with Gasteiger partial charge in [0.05, 0.1) is 25.5 Å². The van der Waals surface area contributed by atoms with Gasteiger partial charge < -0.3 is 36.1 Å². The maximum Gasteiger partial charge on any atom is 0.287 e. The highest BCUT2D eigenvalue weighted by atomic mass is 16.7. The molecule has 3 heterocycles. The molecule has 5 rings (SSSR count). The second kappa shape index (κ2) is 15.9. The summed E-state index contributed by atoms with van der Waals surface area (Å²) in [5.41, 5.74) is 4.66. The molecule has 2 saturated carbocycles. The molecule has 1 spiro atoms. The number of nitrogens with zero attached hydrogens (tertiary/aromatic N) is 3. The number of ether oxygens (including phenoxy) is 2.